The second-order valence-corrected chi connectivity index (χ2v) is 18.2. The van der Waals surface area contributed by atoms with Crippen molar-refractivity contribution < 1.29 is 4.74 Å². The molecule has 10 aromatic carbocycles. The monoisotopic (exact) mass is 900 g/mol. The molecule has 0 aromatic heterocycles. The van der Waals surface area contributed by atoms with Crippen molar-refractivity contribution in [2.45, 2.75) is 5.41 Å². The van der Waals surface area contributed by atoms with E-state index in [1.807, 2.05) is 18.2 Å². The average molecular weight is 901 g/mol. The molecule has 0 bridgehead atoms. The molecule has 0 radical (unpaired) electrons. The van der Waals surface area contributed by atoms with Crippen LogP contribution in [0.2, 0.25) is 0 Å². The first-order valence-corrected chi connectivity index (χ1v) is 24.0. The summed E-state index contributed by atoms with van der Waals surface area (Å²) >= 11 is 0. The van der Waals surface area contributed by atoms with Crippen LogP contribution in [0.4, 0.5) is 34.1 Å². The molecule has 0 unspecified atom stereocenters. The topological polar surface area (TPSA) is 22.2 Å². The second kappa shape index (κ2) is 17.2. The molecule has 5 nitrogen and oxygen atoms in total. The number of fused-ring (bicyclic) bond motifs is 4. The molecule has 0 saturated heterocycles. The Morgan fingerprint density at radius 1 is 0.329 bits per heavy atom. The molecule has 2 heterocycles. The number of rotatable bonds is 10. The van der Waals surface area contributed by atoms with Gasteiger partial charge in [-0.05, 0) is 105 Å². The first-order valence-electron chi connectivity index (χ1n) is 24.0. The Hall–Kier alpha value is -9.06. The summed E-state index contributed by atoms with van der Waals surface area (Å²) in [6.07, 6.45) is 4.25. The van der Waals surface area contributed by atoms with Crippen LogP contribution in [-0.2, 0) is 5.41 Å². The molecular formula is C65H48N4O. The number of nitrogens with zero attached hydrogens (tertiary/aromatic N) is 4. The van der Waals surface area contributed by atoms with Crippen LogP contribution in [0.1, 0.15) is 22.3 Å². The fraction of sp³-hybridized carbons (Fsp3) is 0.0462. The summed E-state index contributed by atoms with van der Waals surface area (Å²) in [5, 5.41) is 0. The zero-order valence-corrected chi connectivity index (χ0v) is 38.5. The zero-order valence-electron chi connectivity index (χ0n) is 38.5. The van der Waals surface area contributed by atoms with E-state index in [0.29, 0.717) is 6.67 Å². The lowest BCUT2D eigenvalue weighted by Gasteiger charge is -2.36. The van der Waals surface area contributed by atoms with E-state index in [1.165, 1.54) is 44.5 Å². The number of ether oxygens (including phenoxy) is 1. The number of anilines is 6. The van der Waals surface area contributed by atoms with E-state index in [9.17, 15) is 0 Å². The third-order valence-corrected chi connectivity index (χ3v) is 14.2. The van der Waals surface area contributed by atoms with Crippen LogP contribution in [0.3, 0.4) is 0 Å². The predicted molar refractivity (Wildman–Crippen MR) is 289 cm³/mol. The van der Waals surface area contributed by atoms with Gasteiger partial charge in [-0.25, -0.2) is 0 Å². The number of hydrogen-bond donors (Lipinski definition) is 0. The van der Waals surface area contributed by atoms with Gasteiger partial charge in [-0.1, -0.05) is 182 Å². The van der Waals surface area contributed by atoms with Gasteiger partial charge in [0.2, 0.25) is 0 Å². The fourth-order valence-corrected chi connectivity index (χ4v) is 11.1. The van der Waals surface area contributed by atoms with Crippen molar-refractivity contribution in [2.24, 2.45) is 0 Å². The van der Waals surface area contributed by atoms with Gasteiger partial charge in [0.15, 0.2) is 0 Å². The number of para-hydroxylation sites is 3. The maximum Gasteiger partial charge on any atom is 0.129 e. The molecule has 334 valence electrons. The van der Waals surface area contributed by atoms with Crippen molar-refractivity contribution in [3.8, 4) is 44.9 Å². The van der Waals surface area contributed by atoms with Gasteiger partial charge >= 0.3 is 0 Å². The average Bonchev–Trinajstić information content (AvgIpc) is 4.16. The van der Waals surface area contributed by atoms with Crippen LogP contribution in [0.5, 0.6) is 11.5 Å². The Balaban J connectivity index is 0.931. The normalized spacial score (nSPS) is 14.1. The molecule has 0 N–H and O–H groups in total. The molecule has 70 heavy (non-hydrogen) atoms. The largest absolute Gasteiger partial charge is 0.457 e. The van der Waals surface area contributed by atoms with Crippen LogP contribution in [0.15, 0.2) is 267 Å². The number of benzene rings is 10. The van der Waals surface area contributed by atoms with Crippen LogP contribution in [-0.4, -0.2) is 13.3 Å². The molecule has 13 rings (SSSR count). The summed E-state index contributed by atoms with van der Waals surface area (Å²) in [7, 11) is 0. The van der Waals surface area contributed by atoms with Crippen LogP contribution in [0.25, 0.3) is 33.4 Å². The minimum absolute atomic E-state index is 0.581. The van der Waals surface area contributed by atoms with Gasteiger partial charge in [-0.2, -0.15) is 0 Å². The molecule has 0 fully saturated rings. The first-order chi connectivity index (χ1) is 34.7. The Morgan fingerprint density at radius 3 is 1.39 bits per heavy atom. The molecule has 5 heteroatoms. The highest BCUT2D eigenvalue weighted by atomic mass is 16.5. The Bertz CT molecular complexity index is 3450. The van der Waals surface area contributed by atoms with Crippen LogP contribution in [0, 0.1) is 0 Å². The molecule has 0 atom stereocenters. The van der Waals surface area contributed by atoms with E-state index in [4.69, 9.17) is 4.74 Å². The molecule has 1 aliphatic carbocycles. The third-order valence-electron chi connectivity index (χ3n) is 14.2. The van der Waals surface area contributed by atoms with Crippen LogP contribution < -0.4 is 24.3 Å². The standard InChI is InChI=1S/C65H48N4O/c1-5-21-47(22-6-1)58-41-50(65(49-25-9-3-10-26-49)60-35-15-13-33-56(60)57-34-14-16-36-61(57)65)42-59(48-23-7-2-8-24-48)64(58)69-46-68(62-37-17-18-38-63(62)69)53-30-20-32-55(44-53)70-54-31-19-29-52(43-54)67-40-39-66(45-67)51-27-11-4-12-28-51/h1-44H,45-46H2. The second-order valence-electron chi connectivity index (χ2n) is 18.2. The van der Waals surface area contributed by atoms with Gasteiger partial charge in [0.05, 0.1) is 29.1 Å². The molecule has 0 saturated carbocycles. The van der Waals surface area contributed by atoms with Crippen molar-refractivity contribution in [1.29, 1.82) is 0 Å². The van der Waals surface area contributed by atoms with E-state index in [2.05, 4.69) is 269 Å². The SMILES string of the molecule is C1=CN(c2cccc(Oc3cccc(N4CN(c5c(-c6ccccc6)cc(C6(c7ccccc7)c7ccccc7-c7ccccc76)cc5-c5ccccc5)c5ccccc54)c3)c2)CN1c1ccccc1. The summed E-state index contributed by atoms with van der Waals surface area (Å²) in [5.74, 6) is 1.56. The van der Waals surface area contributed by atoms with Gasteiger partial charge in [0.25, 0.3) is 0 Å². The van der Waals surface area contributed by atoms with E-state index >= 15 is 0 Å². The summed E-state index contributed by atoms with van der Waals surface area (Å²) < 4.78 is 6.70. The lowest BCUT2D eigenvalue weighted by atomic mass is 9.66. The summed E-state index contributed by atoms with van der Waals surface area (Å²) in [5.41, 5.74) is 18.4. The van der Waals surface area contributed by atoms with Gasteiger partial charge in [-0.15, -0.1) is 0 Å². The minimum atomic E-state index is -0.581. The lowest BCUT2D eigenvalue weighted by molar-refractivity contribution is 0.483. The summed E-state index contributed by atoms with van der Waals surface area (Å²) in [6, 6.07) is 92.1. The van der Waals surface area contributed by atoms with Crippen molar-refractivity contribution in [1.82, 2.24) is 0 Å². The maximum absolute atomic E-state index is 6.70. The Kier molecular flexibility index (Phi) is 10.1. The highest BCUT2D eigenvalue weighted by Crippen LogP contribution is 2.59. The predicted octanol–water partition coefficient (Wildman–Crippen LogP) is 16.2. The van der Waals surface area contributed by atoms with Crippen molar-refractivity contribution >= 4 is 34.1 Å². The van der Waals surface area contributed by atoms with E-state index in [-0.39, 0.29) is 0 Å². The smallest absolute Gasteiger partial charge is 0.129 e. The van der Waals surface area contributed by atoms with E-state index < -0.39 is 5.41 Å². The summed E-state index contributed by atoms with van der Waals surface area (Å²) in [4.78, 5) is 9.41. The van der Waals surface area contributed by atoms with E-state index in [1.54, 1.807) is 0 Å². The highest BCUT2D eigenvalue weighted by molar-refractivity contribution is 6.00. The lowest BCUT2D eigenvalue weighted by Crippen LogP contribution is -2.29. The van der Waals surface area contributed by atoms with E-state index in [0.717, 1.165) is 63.4 Å². The molecular weight excluding hydrogens is 853 g/mol. The third kappa shape index (κ3) is 6.93. The molecule has 3 aliphatic rings. The van der Waals surface area contributed by atoms with Gasteiger partial charge in [0.1, 0.15) is 18.2 Å². The Labute approximate surface area is 409 Å². The van der Waals surface area contributed by atoms with Gasteiger partial charge in [-0.3, -0.25) is 0 Å². The minimum Gasteiger partial charge on any atom is -0.457 e. The summed E-state index contributed by atoms with van der Waals surface area (Å²) in [6.45, 7) is 1.32. The van der Waals surface area contributed by atoms with Crippen molar-refractivity contribution in [3.63, 3.8) is 0 Å². The molecule has 0 spiro atoms. The first kappa shape index (κ1) is 41.2. The Morgan fingerprint density at radius 2 is 0.786 bits per heavy atom. The highest BCUT2D eigenvalue weighted by Gasteiger charge is 2.47. The van der Waals surface area contributed by atoms with Crippen molar-refractivity contribution in [3.05, 3.63) is 289 Å². The fourth-order valence-electron chi connectivity index (χ4n) is 11.1. The van der Waals surface area contributed by atoms with Gasteiger partial charge < -0.3 is 24.3 Å². The van der Waals surface area contributed by atoms with Crippen molar-refractivity contribution in [2.75, 3.05) is 32.9 Å². The molecule has 10 aromatic rings. The maximum atomic E-state index is 6.70. The zero-order chi connectivity index (χ0) is 46.4. The molecule has 0 amide bonds. The van der Waals surface area contributed by atoms with Crippen LogP contribution >= 0.6 is 0 Å². The number of hydrogen-bond acceptors (Lipinski definition) is 5. The quantitative estimate of drug-likeness (QED) is 0.136. The van der Waals surface area contributed by atoms with Gasteiger partial charge in [0, 0.05) is 52.7 Å². The molecule has 2 aliphatic heterocycles.